The lowest BCUT2D eigenvalue weighted by molar-refractivity contribution is -0.0202. The van der Waals surface area contributed by atoms with Gasteiger partial charge in [0, 0.05) is 47.6 Å². The average molecular weight is 733 g/mol. The van der Waals surface area contributed by atoms with Gasteiger partial charge in [-0.1, -0.05) is 30.2 Å². The maximum absolute atomic E-state index is 15.0. The fourth-order valence-electron chi connectivity index (χ4n) is 8.96. The summed E-state index contributed by atoms with van der Waals surface area (Å²) in [5.41, 5.74) is 3.01. The molecule has 3 aromatic rings. The Labute approximate surface area is 314 Å². The van der Waals surface area contributed by atoms with Crippen molar-refractivity contribution in [3.63, 3.8) is 0 Å². The fourth-order valence-corrected chi connectivity index (χ4v) is 8.96. The summed E-state index contributed by atoms with van der Waals surface area (Å²) in [6.45, 7) is 7.14. The number of dihydropyridines is 1. The molecule has 2 N–H and O–H groups in total. The van der Waals surface area contributed by atoms with Gasteiger partial charge in [-0.05, 0) is 105 Å². The van der Waals surface area contributed by atoms with E-state index in [1.54, 1.807) is 30.3 Å². The van der Waals surface area contributed by atoms with E-state index in [4.69, 9.17) is 30.6 Å². The molecule has 2 unspecified atom stereocenters. The normalized spacial score (nSPS) is 26.6. The van der Waals surface area contributed by atoms with Gasteiger partial charge in [0.2, 0.25) is 0 Å². The number of fused-ring (bicyclic) bond motifs is 3. The van der Waals surface area contributed by atoms with Crippen molar-refractivity contribution >= 4 is 34.0 Å². The molecule has 8 rings (SSSR count). The summed E-state index contributed by atoms with van der Waals surface area (Å²) in [4.78, 5) is 25.5. The van der Waals surface area contributed by atoms with Crippen LogP contribution >= 0.6 is 0 Å². The fraction of sp³-hybridized carbons (Fsp3) is 0.429. The van der Waals surface area contributed by atoms with Crippen molar-refractivity contribution in [1.29, 1.82) is 0 Å². The van der Waals surface area contributed by atoms with E-state index in [1.165, 1.54) is 6.07 Å². The highest BCUT2D eigenvalue weighted by atomic mass is 19.1. The number of likely N-dealkylation sites (tertiary alicyclic amines) is 1. The molecule has 0 radical (unpaired) electrons. The largest absolute Gasteiger partial charge is 0.468 e. The number of nitrogens with zero attached hydrogens (tertiary/aromatic N) is 5. The predicted molar refractivity (Wildman–Crippen MR) is 207 cm³/mol. The molecule has 280 valence electrons. The zero-order chi connectivity index (χ0) is 37.5. The van der Waals surface area contributed by atoms with Crippen LogP contribution in [-0.4, -0.2) is 89.6 Å². The Morgan fingerprint density at radius 2 is 1.93 bits per heavy atom. The summed E-state index contributed by atoms with van der Waals surface area (Å²) in [7, 11) is 0. The lowest BCUT2D eigenvalue weighted by atomic mass is 9.88. The van der Waals surface area contributed by atoms with E-state index in [1.807, 2.05) is 38.2 Å². The van der Waals surface area contributed by atoms with Crippen LogP contribution in [0.2, 0.25) is 0 Å². The van der Waals surface area contributed by atoms with Crippen LogP contribution in [0.25, 0.3) is 16.5 Å². The summed E-state index contributed by atoms with van der Waals surface area (Å²) < 4.78 is 33.4. The first-order chi connectivity index (χ1) is 26.2. The molecule has 11 nitrogen and oxygen atoms in total. The smallest absolute Gasteiger partial charge is 0.314 e. The molecular formula is C42H45FN6O5. The van der Waals surface area contributed by atoms with Gasteiger partial charge in [0.15, 0.2) is 6.79 Å². The van der Waals surface area contributed by atoms with Gasteiger partial charge in [0.05, 0.1) is 23.3 Å². The van der Waals surface area contributed by atoms with E-state index >= 15 is 0 Å². The number of benzene rings is 3. The SMILES string of the molecule is C#Cc1c(F)ccc2cccc(C3=C(C)C4N=C(OCC56CCCN5[C@H](COCOc5ccc(N=O)cc5)CC6)N=C(N5CCC[C@@](C)(O)C5)C4=CN3)c12. The maximum atomic E-state index is 15.0. The van der Waals surface area contributed by atoms with Crippen LogP contribution < -0.4 is 10.1 Å². The van der Waals surface area contributed by atoms with Crippen molar-refractivity contribution in [2.24, 2.45) is 15.2 Å². The number of nitroso groups, excluding NO2 is 1. The molecule has 0 bridgehead atoms. The highest BCUT2D eigenvalue weighted by Crippen LogP contribution is 2.43. The lowest BCUT2D eigenvalue weighted by Gasteiger charge is -2.41. The minimum atomic E-state index is -0.850. The summed E-state index contributed by atoms with van der Waals surface area (Å²) >= 11 is 0. The molecule has 5 aliphatic heterocycles. The number of hydrogen-bond acceptors (Lipinski definition) is 11. The van der Waals surface area contributed by atoms with Gasteiger partial charge in [-0.15, -0.1) is 11.3 Å². The second-order valence-corrected chi connectivity index (χ2v) is 15.3. The third-order valence-corrected chi connectivity index (χ3v) is 11.6. The molecule has 0 saturated carbocycles. The van der Waals surface area contributed by atoms with Crippen LogP contribution in [0.1, 0.15) is 63.5 Å². The third kappa shape index (κ3) is 6.76. The van der Waals surface area contributed by atoms with E-state index in [0.29, 0.717) is 42.6 Å². The number of aliphatic hydroxyl groups is 1. The van der Waals surface area contributed by atoms with Crippen molar-refractivity contribution in [1.82, 2.24) is 15.1 Å². The molecule has 0 amide bonds. The van der Waals surface area contributed by atoms with Gasteiger partial charge >= 0.3 is 6.02 Å². The number of piperidine rings is 1. The number of halogens is 1. The van der Waals surface area contributed by atoms with Crippen molar-refractivity contribution < 1.29 is 23.7 Å². The molecule has 54 heavy (non-hydrogen) atoms. The zero-order valence-corrected chi connectivity index (χ0v) is 30.7. The average Bonchev–Trinajstić information content (AvgIpc) is 3.75. The van der Waals surface area contributed by atoms with Crippen LogP contribution in [0, 0.1) is 23.1 Å². The number of β-amino-alcohol motifs (C(OH)–C–C–N with tert-alkyl or cyclic N) is 1. The molecule has 5 aliphatic rings. The molecule has 4 atom stereocenters. The van der Waals surface area contributed by atoms with E-state index in [-0.39, 0.29) is 23.9 Å². The first-order valence-corrected chi connectivity index (χ1v) is 18.7. The number of ether oxygens (including phenoxy) is 3. The molecule has 0 aliphatic carbocycles. The molecule has 3 aromatic carbocycles. The Morgan fingerprint density at radius 3 is 2.72 bits per heavy atom. The second-order valence-electron chi connectivity index (χ2n) is 15.3. The Bertz CT molecular complexity index is 2120. The Hall–Kier alpha value is -5.09. The van der Waals surface area contributed by atoms with Crippen LogP contribution in [0.4, 0.5) is 10.1 Å². The highest BCUT2D eigenvalue weighted by Gasteiger charge is 2.50. The second kappa shape index (κ2) is 14.6. The number of hydrogen-bond donors (Lipinski definition) is 2. The van der Waals surface area contributed by atoms with Gasteiger partial charge in [-0.2, -0.15) is 4.99 Å². The highest BCUT2D eigenvalue weighted by molar-refractivity contribution is 6.09. The topological polar surface area (TPSA) is 121 Å². The number of rotatable bonds is 9. The minimum absolute atomic E-state index is 0.109. The molecule has 3 saturated heterocycles. The maximum Gasteiger partial charge on any atom is 0.314 e. The number of nitrogens with one attached hydrogen (secondary N) is 1. The quantitative estimate of drug-likeness (QED) is 0.109. The number of terminal acetylenes is 1. The molecule has 0 aromatic heterocycles. The Kier molecular flexibility index (Phi) is 9.73. The van der Waals surface area contributed by atoms with E-state index in [0.717, 1.165) is 85.2 Å². The Morgan fingerprint density at radius 1 is 1.09 bits per heavy atom. The van der Waals surface area contributed by atoms with Crippen molar-refractivity contribution in [3.05, 3.63) is 93.8 Å². The molecule has 12 heteroatoms. The summed E-state index contributed by atoms with van der Waals surface area (Å²) in [5, 5.41) is 19.0. The van der Waals surface area contributed by atoms with E-state index in [9.17, 15) is 14.4 Å². The summed E-state index contributed by atoms with van der Waals surface area (Å²) in [6, 6.07) is 15.8. The Balaban J connectivity index is 1.04. The van der Waals surface area contributed by atoms with Crippen LogP contribution in [0.3, 0.4) is 0 Å². The number of aliphatic imine (C=N–C) groups is 2. The van der Waals surface area contributed by atoms with Crippen molar-refractivity contribution in [2.75, 3.05) is 39.6 Å². The minimum Gasteiger partial charge on any atom is -0.468 e. The van der Waals surface area contributed by atoms with Crippen LogP contribution in [-0.2, 0) is 9.47 Å². The monoisotopic (exact) mass is 732 g/mol. The molecular weight excluding hydrogens is 687 g/mol. The standard InChI is InChI=1S/C42H45FN6O5/c1-4-32-35(43)15-10-28-8-5-9-33(36(28)32)37-27(2)38-34(22-44-37)39(48-20-6-17-41(3,50)24-48)46-40(45-38)53-25-42-18-7-21-49(42)30(16-19-42)23-52-26-54-31-13-11-29(47-51)12-14-31/h1,5,8-15,22,30,38,44,50H,6-7,16-21,23-26H2,2-3H3/t30-,38?,41+,42?/m0/s1. The summed E-state index contributed by atoms with van der Waals surface area (Å²) in [6.07, 6.45) is 13.3. The summed E-state index contributed by atoms with van der Waals surface area (Å²) in [5.74, 6) is 3.49. The molecule has 5 heterocycles. The van der Waals surface area contributed by atoms with Gasteiger partial charge in [-0.3, -0.25) is 4.90 Å². The zero-order valence-electron chi connectivity index (χ0n) is 30.7. The van der Waals surface area contributed by atoms with Crippen LogP contribution in [0.5, 0.6) is 5.75 Å². The van der Waals surface area contributed by atoms with Gasteiger partial charge < -0.3 is 29.5 Å². The molecule has 3 fully saturated rings. The third-order valence-electron chi connectivity index (χ3n) is 11.6. The lowest BCUT2D eigenvalue weighted by Crippen LogP contribution is -2.51. The number of amidine groups is 2. The van der Waals surface area contributed by atoms with Crippen molar-refractivity contribution in [2.45, 2.75) is 75.6 Å². The first-order valence-electron chi connectivity index (χ1n) is 18.7. The first kappa shape index (κ1) is 35.9. The predicted octanol–water partition coefficient (Wildman–Crippen LogP) is 6.63. The van der Waals surface area contributed by atoms with Gasteiger partial charge in [0.25, 0.3) is 0 Å². The van der Waals surface area contributed by atoms with Gasteiger partial charge in [-0.25, -0.2) is 9.38 Å². The van der Waals surface area contributed by atoms with E-state index in [2.05, 4.69) is 26.2 Å². The van der Waals surface area contributed by atoms with Crippen LogP contribution in [0.15, 0.2) is 87.1 Å². The van der Waals surface area contributed by atoms with Crippen molar-refractivity contribution in [3.8, 4) is 18.1 Å². The van der Waals surface area contributed by atoms with Gasteiger partial charge in [0.1, 0.15) is 35.7 Å². The van der Waals surface area contributed by atoms with E-state index < -0.39 is 17.5 Å². The molecule has 0 spiro atoms.